The molecule has 2 atom stereocenters. The van der Waals surface area contributed by atoms with Gasteiger partial charge in [0.15, 0.2) is 0 Å². The normalized spacial score (nSPS) is 27.8. The fourth-order valence-electron chi connectivity index (χ4n) is 1.95. The van der Waals surface area contributed by atoms with Gasteiger partial charge in [-0.3, -0.25) is 4.79 Å². The summed E-state index contributed by atoms with van der Waals surface area (Å²) in [5, 5.41) is 0. The van der Waals surface area contributed by atoms with Crippen LogP contribution < -0.4 is 0 Å². The van der Waals surface area contributed by atoms with Crippen molar-refractivity contribution in [3.05, 3.63) is 0 Å². The quantitative estimate of drug-likeness (QED) is 0.691. The van der Waals surface area contributed by atoms with E-state index in [1.807, 2.05) is 4.90 Å². The predicted molar refractivity (Wildman–Crippen MR) is 55.7 cm³/mol. The Hall–Kier alpha value is -0.570. The minimum atomic E-state index is 0.00116. The molecule has 3 nitrogen and oxygen atoms in total. The van der Waals surface area contributed by atoms with E-state index in [1.54, 1.807) is 7.11 Å². The van der Waals surface area contributed by atoms with Gasteiger partial charge in [0.2, 0.25) is 5.91 Å². The molecule has 0 aromatic heterocycles. The van der Waals surface area contributed by atoms with Crippen molar-refractivity contribution in [1.82, 2.24) is 4.90 Å². The van der Waals surface area contributed by atoms with E-state index in [1.165, 1.54) is 0 Å². The third-order valence-electron chi connectivity index (χ3n) is 2.80. The largest absolute Gasteiger partial charge is 0.361 e. The Morgan fingerprint density at radius 1 is 1.57 bits per heavy atom. The van der Waals surface area contributed by atoms with Crippen LogP contribution in [0.5, 0.6) is 0 Å². The van der Waals surface area contributed by atoms with Crippen LogP contribution in [0.2, 0.25) is 0 Å². The van der Waals surface area contributed by atoms with Gasteiger partial charge >= 0.3 is 0 Å². The minimum absolute atomic E-state index is 0.00116. The maximum Gasteiger partial charge on any atom is 0.225 e. The second-order valence-electron chi connectivity index (χ2n) is 4.58. The number of likely N-dealkylation sites (tertiary alicyclic amines) is 1. The van der Waals surface area contributed by atoms with E-state index in [4.69, 9.17) is 4.74 Å². The summed E-state index contributed by atoms with van der Waals surface area (Å²) in [5.41, 5.74) is 0. The highest BCUT2D eigenvalue weighted by atomic mass is 16.5. The number of hydrogen-bond acceptors (Lipinski definition) is 2. The number of ether oxygens (including phenoxy) is 1. The van der Waals surface area contributed by atoms with Crippen molar-refractivity contribution in [2.24, 2.45) is 11.8 Å². The van der Waals surface area contributed by atoms with Gasteiger partial charge in [-0.2, -0.15) is 0 Å². The summed E-state index contributed by atoms with van der Waals surface area (Å²) >= 11 is 0. The van der Waals surface area contributed by atoms with Crippen molar-refractivity contribution < 1.29 is 9.53 Å². The summed E-state index contributed by atoms with van der Waals surface area (Å²) in [6.45, 7) is 7.25. The number of amides is 1. The molecule has 0 radical (unpaired) electrons. The monoisotopic (exact) mass is 199 g/mol. The Bertz CT molecular complexity index is 203. The Morgan fingerprint density at radius 3 is 2.71 bits per heavy atom. The lowest BCUT2D eigenvalue weighted by atomic mass is 10.1. The first-order chi connectivity index (χ1) is 6.56. The lowest BCUT2D eigenvalue weighted by Crippen LogP contribution is -2.37. The fraction of sp³-hybridized carbons (Fsp3) is 0.909. The van der Waals surface area contributed by atoms with E-state index in [9.17, 15) is 4.79 Å². The molecule has 0 saturated carbocycles. The summed E-state index contributed by atoms with van der Waals surface area (Å²) in [6.07, 6.45) is 1.69. The molecule has 0 spiro atoms. The summed E-state index contributed by atoms with van der Waals surface area (Å²) in [5.74, 6) is 1.21. The van der Waals surface area contributed by atoms with E-state index < -0.39 is 0 Å². The van der Waals surface area contributed by atoms with Gasteiger partial charge in [0.25, 0.3) is 0 Å². The van der Waals surface area contributed by atoms with E-state index in [2.05, 4.69) is 20.8 Å². The van der Waals surface area contributed by atoms with Gasteiger partial charge in [-0.05, 0) is 12.3 Å². The standard InChI is InChI=1S/C11H21NO2/c1-8(2)5-6-12-10(13)7-9(3)11(12)14-4/h8-9,11H,5-7H2,1-4H3. The lowest BCUT2D eigenvalue weighted by molar-refractivity contribution is -0.135. The zero-order valence-electron chi connectivity index (χ0n) is 9.62. The van der Waals surface area contributed by atoms with Crippen molar-refractivity contribution in [1.29, 1.82) is 0 Å². The average molecular weight is 199 g/mol. The van der Waals surface area contributed by atoms with Crippen LogP contribution in [0.3, 0.4) is 0 Å². The SMILES string of the molecule is COC1C(C)CC(=O)N1CCC(C)C. The first kappa shape index (κ1) is 11.5. The van der Waals surface area contributed by atoms with Crippen molar-refractivity contribution in [2.75, 3.05) is 13.7 Å². The van der Waals surface area contributed by atoms with Crippen molar-refractivity contribution in [2.45, 2.75) is 39.8 Å². The molecule has 1 heterocycles. The van der Waals surface area contributed by atoms with Crippen molar-refractivity contribution in [3.63, 3.8) is 0 Å². The molecule has 82 valence electrons. The van der Waals surface area contributed by atoms with Gasteiger partial charge in [0.05, 0.1) is 0 Å². The highest BCUT2D eigenvalue weighted by Gasteiger charge is 2.36. The molecule has 1 rings (SSSR count). The molecule has 0 aromatic carbocycles. The Labute approximate surface area is 86.4 Å². The minimum Gasteiger partial charge on any atom is -0.361 e. The van der Waals surface area contributed by atoms with Gasteiger partial charge in [0, 0.05) is 26.0 Å². The molecule has 1 saturated heterocycles. The van der Waals surface area contributed by atoms with E-state index in [0.29, 0.717) is 18.3 Å². The first-order valence-corrected chi connectivity index (χ1v) is 5.38. The first-order valence-electron chi connectivity index (χ1n) is 5.38. The molecule has 0 N–H and O–H groups in total. The third kappa shape index (κ3) is 2.47. The summed E-state index contributed by atoms with van der Waals surface area (Å²) < 4.78 is 5.34. The maximum absolute atomic E-state index is 11.6. The molecule has 1 fully saturated rings. The highest BCUT2D eigenvalue weighted by molar-refractivity contribution is 5.78. The van der Waals surface area contributed by atoms with Crippen LogP contribution in [0.15, 0.2) is 0 Å². The van der Waals surface area contributed by atoms with Crippen LogP contribution in [-0.4, -0.2) is 30.7 Å². The van der Waals surface area contributed by atoms with Gasteiger partial charge in [-0.25, -0.2) is 0 Å². The van der Waals surface area contributed by atoms with Crippen LogP contribution >= 0.6 is 0 Å². The Morgan fingerprint density at radius 2 is 2.21 bits per heavy atom. The zero-order valence-corrected chi connectivity index (χ0v) is 9.62. The molecule has 14 heavy (non-hydrogen) atoms. The van der Waals surface area contributed by atoms with Gasteiger partial charge in [-0.15, -0.1) is 0 Å². The molecule has 1 aliphatic heterocycles. The number of carbonyl (C=O) groups is 1. The van der Waals surface area contributed by atoms with Crippen LogP contribution in [0.4, 0.5) is 0 Å². The van der Waals surface area contributed by atoms with E-state index >= 15 is 0 Å². The van der Waals surface area contributed by atoms with E-state index in [0.717, 1.165) is 13.0 Å². The average Bonchev–Trinajstić information content (AvgIpc) is 2.36. The third-order valence-corrected chi connectivity index (χ3v) is 2.80. The lowest BCUT2D eigenvalue weighted by Gasteiger charge is -2.26. The predicted octanol–water partition coefficient (Wildman–Crippen LogP) is 1.87. The molecule has 1 aliphatic rings. The van der Waals surface area contributed by atoms with Crippen molar-refractivity contribution in [3.8, 4) is 0 Å². The number of hydrogen-bond donors (Lipinski definition) is 0. The second kappa shape index (κ2) is 4.78. The zero-order chi connectivity index (χ0) is 10.7. The topological polar surface area (TPSA) is 29.5 Å². The summed E-state index contributed by atoms with van der Waals surface area (Å²) in [7, 11) is 1.68. The molecule has 2 unspecified atom stereocenters. The second-order valence-corrected chi connectivity index (χ2v) is 4.58. The summed E-state index contributed by atoms with van der Waals surface area (Å²) in [4.78, 5) is 13.5. The van der Waals surface area contributed by atoms with Crippen LogP contribution in [-0.2, 0) is 9.53 Å². The number of nitrogens with zero attached hydrogens (tertiary/aromatic N) is 1. The number of carbonyl (C=O) groups excluding carboxylic acids is 1. The van der Waals surface area contributed by atoms with Crippen LogP contribution in [0, 0.1) is 11.8 Å². The Balaban J connectivity index is 2.52. The van der Waals surface area contributed by atoms with Gasteiger partial charge in [0.1, 0.15) is 6.23 Å². The molecule has 1 amide bonds. The molecule has 3 heteroatoms. The Kier molecular flexibility index (Phi) is 3.93. The van der Waals surface area contributed by atoms with Gasteiger partial charge < -0.3 is 9.64 Å². The molecule has 0 bridgehead atoms. The number of methoxy groups -OCH3 is 1. The fourth-order valence-corrected chi connectivity index (χ4v) is 1.95. The molecule has 0 aromatic rings. The van der Waals surface area contributed by atoms with Crippen LogP contribution in [0.25, 0.3) is 0 Å². The van der Waals surface area contributed by atoms with Crippen LogP contribution in [0.1, 0.15) is 33.6 Å². The maximum atomic E-state index is 11.6. The number of rotatable bonds is 4. The molecular formula is C11H21NO2. The molecular weight excluding hydrogens is 178 g/mol. The van der Waals surface area contributed by atoms with Gasteiger partial charge in [-0.1, -0.05) is 20.8 Å². The van der Waals surface area contributed by atoms with E-state index in [-0.39, 0.29) is 12.1 Å². The highest BCUT2D eigenvalue weighted by Crippen LogP contribution is 2.26. The summed E-state index contributed by atoms with van der Waals surface area (Å²) in [6, 6.07) is 0. The molecule has 0 aliphatic carbocycles. The smallest absolute Gasteiger partial charge is 0.225 e. The van der Waals surface area contributed by atoms with Crippen molar-refractivity contribution >= 4 is 5.91 Å².